The van der Waals surface area contributed by atoms with E-state index in [1.807, 2.05) is 0 Å². The third kappa shape index (κ3) is 11.0. The molecule has 1 aliphatic heterocycles. The molecule has 1 rings (SSSR count). The average Bonchev–Trinajstić information content (AvgIpc) is 2.97. The summed E-state index contributed by atoms with van der Waals surface area (Å²) in [7, 11) is 0. The third-order valence-corrected chi connectivity index (χ3v) is 4.69. The van der Waals surface area contributed by atoms with Gasteiger partial charge >= 0.3 is 5.97 Å². The lowest BCUT2D eigenvalue weighted by atomic mass is 10.0. The number of ether oxygens (including phenoxy) is 1. The topological polar surface area (TPSA) is 72.5 Å². The average molecular weight is 354 g/mol. The van der Waals surface area contributed by atoms with Gasteiger partial charge in [-0.05, 0) is 6.42 Å². The van der Waals surface area contributed by atoms with Gasteiger partial charge in [0.05, 0.1) is 13.0 Å². The van der Waals surface area contributed by atoms with Gasteiger partial charge in [-0.3, -0.25) is 9.59 Å². The highest BCUT2D eigenvalue weighted by atomic mass is 16.5. The van der Waals surface area contributed by atoms with Crippen molar-refractivity contribution in [3.63, 3.8) is 0 Å². The summed E-state index contributed by atoms with van der Waals surface area (Å²) in [5.41, 5.74) is 0. The maximum Gasteiger partial charge on any atom is 0.328 e. The predicted molar refractivity (Wildman–Crippen MR) is 98.2 cm³/mol. The molecule has 0 aromatic rings. The Morgan fingerprint density at radius 1 is 0.960 bits per heavy atom. The van der Waals surface area contributed by atoms with E-state index in [2.05, 4.69) is 12.2 Å². The molecule has 1 aliphatic rings. The van der Waals surface area contributed by atoms with Crippen molar-refractivity contribution >= 4 is 17.7 Å². The van der Waals surface area contributed by atoms with E-state index in [9.17, 15) is 14.4 Å². The van der Waals surface area contributed by atoms with Crippen molar-refractivity contribution < 1.29 is 19.1 Å². The molecule has 1 N–H and O–H groups in total. The molecule has 0 aliphatic carbocycles. The van der Waals surface area contributed by atoms with Gasteiger partial charge in [-0.25, -0.2) is 4.79 Å². The van der Waals surface area contributed by atoms with Crippen LogP contribution in [-0.4, -0.2) is 30.3 Å². The normalized spacial score (nSPS) is 16.7. The van der Waals surface area contributed by atoms with Crippen molar-refractivity contribution in [3.05, 3.63) is 0 Å². The fourth-order valence-electron chi connectivity index (χ4n) is 3.13. The Bertz CT molecular complexity index is 409. The predicted octanol–water partition coefficient (Wildman–Crippen LogP) is 4.08. The van der Waals surface area contributed by atoms with Crippen LogP contribution in [0.5, 0.6) is 0 Å². The Morgan fingerprint density at radius 3 is 2.04 bits per heavy atom. The molecule has 1 heterocycles. The number of hydrogen-bond acceptors (Lipinski definition) is 4. The molecule has 1 fully saturated rings. The standard InChI is InChI=1S/C20H35NO4/c1-2-3-4-5-6-7-8-9-10-11-12-13-17(22)16-19(23)21-18-14-15-25-20(18)24/h18H,2-16H2,1H3,(H,21,23)/t18-/m0/s1. The summed E-state index contributed by atoms with van der Waals surface area (Å²) >= 11 is 0. The summed E-state index contributed by atoms with van der Waals surface area (Å²) in [6.07, 6.45) is 14.5. The lowest BCUT2D eigenvalue weighted by Gasteiger charge is -2.08. The fraction of sp³-hybridized carbons (Fsp3) is 0.850. The lowest BCUT2D eigenvalue weighted by molar-refractivity contribution is -0.142. The van der Waals surface area contributed by atoms with Crippen LogP contribution >= 0.6 is 0 Å². The van der Waals surface area contributed by atoms with Crippen LogP contribution in [0.3, 0.4) is 0 Å². The van der Waals surface area contributed by atoms with E-state index < -0.39 is 12.0 Å². The number of nitrogens with one attached hydrogen (secondary N) is 1. The lowest BCUT2D eigenvalue weighted by Crippen LogP contribution is -2.38. The number of carbonyl (C=O) groups excluding carboxylic acids is 3. The number of hydrogen-bond donors (Lipinski definition) is 1. The molecule has 1 amide bonds. The van der Waals surface area contributed by atoms with Gasteiger partial charge in [-0.15, -0.1) is 0 Å². The van der Waals surface area contributed by atoms with Gasteiger partial charge in [0, 0.05) is 12.8 Å². The Labute approximate surface area is 152 Å². The van der Waals surface area contributed by atoms with Crippen molar-refractivity contribution in [1.82, 2.24) is 5.32 Å². The quantitative estimate of drug-likeness (QED) is 0.273. The van der Waals surface area contributed by atoms with E-state index in [1.54, 1.807) is 0 Å². The minimum absolute atomic E-state index is 0.0419. The molecule has 0 aromatic heterocycles. The van der Waals surface area contributed by atoms with E-state index in [0.717, 1.165) is 12.8 Å². The molecular weight excluding hydrogens is 318 g/mol. The molecular formula is C20H35NO4. The zero-order valence-electron chi connectivity index (χ0n) is 15.8. The van der Waals surface area contributed by atoms with Gasteiger partial charge < -0.3 is 10.1 Å². The van der Waals surface area contributed by atoms with Gasteiger partial charge in [0.2, 0.25) is 5.91 Å². The van der Waals surface area contributed by atoms with E-state index in [1.165, 1.54) is 57.8 Å². The summed E-state index contributed by atoms with van der Waals surface area (Å²) in [6, 6.07) is -0.567. The first-order valence-electron chi connectivity index (χ1n) is 10.1. The summed E-state index contributed by atoms with van der Waals surface area (Å²) in [5, 5.41) is 2.57. The van der Waals surface area contributed by atoms with Crippen molar-refractivity contribution in [2.24, 2.45) is 0 Å². The summed E-state index contributed by atoms with van der Waals surface area (Å²) in [5.74, 6) is -0.803. The zero-order chi connectivity index (χ0) is 18.3. The van der Waals surface area contributed by atoms with E-state index in [0.29, 0.717) is 19.4 Å². The first-order valence-corrected chi connectivity index (χ1v) is 10.1. The fourth-order valence-corrected chi connectivity index (χ4v) is 3.13. The summed E-state index contributed by atoms with van der Waals surface area (Å²) in [4.78, 5) is 34.8. The first kappa shape index (κ1) is 21.7. The molecule has 144 valence electrons. The second-order valence-corrected chi connectivity index (χ2v) is 7.08. The van der Waals surface area contributed by atoms with Crippen molar-refractivity contribution in [1.29, 1.82) is 0 Å². The monoisotopic (exact) mass is 353 g/mol. The highest BCUT2D eigenvalue weighted by Gasteiger charge is 2.28. The second kappa shape index (κ2) is 13.9. The maximum atomic E-state index is 11.8. The van der Waals surface area contributed by atoms with Crippen LogP contribution in [0.4, 0.5) is 0 Å². The van der Waals surface area contributed by atoms with Crippen LogP contribution in [0.2, 0.25) is 0 Å². The molecule has 1 saturated heterocycles. The van der Waals surface area contributed by atoms with Crippen molar-refractivity contribution in [3.8, 4) is 0 Å². The highest BCUT2D eigenvalue weighted by Crippen LogP contribution is 2.12. The number of amides is 1. The van der Waals surface area contributed by atoms with E-state index in [-0.39, 0.29) is 18.1 Å². The number of esters is 1. The third-order valence-electron chi connectivity index (χ3n) is 4.69. The van der Waals surface area contributed by atoms with Crippen LogP contribution in [0, 0.1) is 0 Å². The summed E-state index contributed by atoms with van der Waals surface area (Å²) < 4.78 is 4.78. The number of cyclic esters (lactones) is 1. The molecule has 0 aromatic carbocycles. The molecule has 5 heteroatoms. The van der Waals surface area contributed by atoms with Crippen molar-refractivity contribution in [2.45, 2.75) is 103 Å². The first-order chi connectivity index (χ1) is 12.1. The molecule has 0 saturated carbocycles. The SMILES string of the molecule is CCCCCCCCCCCCCC(=O)CC(=O)N[C@H]1CCOC1=O. The largest absolute Gasteiger partial charge is 0.464 e. The van der Waals surface area contributed by atoms with Gasteiger partial charge in [0.25, 0.3) is 0 Å². The van der Waals surface area contributed by atoms with Gasteiger partial charge in [-0.2, -0.15) is 0 Å². The van der Waals surface area contributed by atoms with Gasteiger partial charge in [0.15, 0.2) is 0 Å². The van der Waals surface area contributed by atoms with Crippen LogP contribution in [0.25, 0.3) is 0 Å². The molecule has 25 heavy (non-hydrogen) atoms. The molecule has 1 atom stereocenters. The Balaban J connectivity index is 1.90. The second-order valence-electron chi connectivity index (χ2n) is 7.08. The minimum Gasteiger partial charge on any atom is -0.464 e. The van der Waals surface area contributed by atoms with E-state index >= 15 is 0 Å². The van der Waals surface area contributed by atoms with E-state index in [4.69, 9.17) is 4.74 Å². The number of rotatable bonds is 15. The van der Waals surface area contributed by atoms with Gasteiger partial charge in [0.1, 0.15) is 11.8 Å². The summed E-state index contributed by atoms with van der Waals surface area (Å²) in [6.45, 7) is 2.58. The Kier molecular flexibility index (Phi) is 12.0. The van der Waals surface area contributed by atoms with Crippen LogP contribution in [-0.2, 0) is 19.1 Å². The smallest absolute Gasteiger partial charge is 0.328 e. The van der Waals surface area contributed by atoms with Crippen LogP contribution in [0.15, 0.2) is 0 Å². The Hall–Kier alpha value is -1.39. The van der Waals surface area contributed by atoms with Crippen LogP contribution in [0.1, 0.15) is 96.8 Å². The number of carbonyl (C=O) groups is 3. The van der Waals surface area contributed by atoms with Crippen molar-refractivity contribution in [2.75, 3.05) is 6.61 Å². The molecule has 0 unspecified atom stereocenters. The van der Waals surface area contributed by atoms with Crippen LogP contribution < -0.4 is 5.32 Å². The molecule has 0 radical (unpaired) electrons. The molecule has 0 bridgehead atoms. The molecule has 5 nitrogen and oxygen atoms in total. The maximum absolute atomic E-state index is 11.8. The van der Waals surface area contributed by atoms with Gasteiger partial charge in [-0.1, -0.05) is 71.1 Å². The zero-order valence-corrected chi connectivity index (χ0v) is 15.8. The number of Topliss-reactive ketones (excluding diaryl/α,β-unsaturated/α-hetero) is 1. The highest BCUT2D eigenvalue weighted by molar-refractivity contribution is 5.99. The molecule has 0 spiro atoms. The number of ketones is 1. The number of unbranched alkanes of at least 4 members (excludes halogenated alkanes) is 10. The Morgan fingerprint density at radius 2 is 1.52 bits per heavy atom. The minimum atomic E-state index is -0.567.